The highest BCUT2D eigenvalue weighted by Gasteiger charge is 2.26. The van der Waals surface area contributed by atoms with Crippen LogP contribution in [0.2, 0.25) is 0 Å². The van der Waals surface area contributed by atoms with Gasteiger partial charge in [-0.05, 0) is 37.6 Å². The van der Waals surface area contributed by atoms with Crippen LogP contribution >= 0.6 is 0 Å². The first kappa shape index (κ1) is 13.4. The van der Waals surface area contributed by atoms with Gasteiger partial charge < -0.3 is 4.74 Å². The van der Waals surface area contributed by atoms with Gasteiger partial charge in [0.1, 0.15) is 0 Å². The summed E-state index contributed by atoms with van der Waals surface area (Å²) in [5.74, 6) is 0.158. The van der Waals surface area contributed by atoms with E-state index >= 15 is 0 Å². The van der Waals surface area contributed by atoms with Gasteiger partial charge in [0.05, 0.1) is 11.5 Å². The van der Waals surface area contributed by atoms with Gasteiger partial charge in [0, 0.05) is 24.4 Å². The zero-order valence-electron chi connectivity index (χ0n) is 11.3. The van der Waals surface area contributed by atoms with Gasteiger partial charge in [-0.25, -0.2) is 12.4 Å². The predicted molar refractivity (Wildman–Crippen MR) is 76.4 cm³/mol. The average molecular weight is 291 g/mol. The SMILES string of the molecule is Cc1ccc(S(=O)(=O)n2cccc2C2CCOC2)cc1. The summed E-state index contributed by atoms with van der Waals surface area (Å²) in [6, 6.07) is 10.6. The molecule has 0 spiro atoms. The average Bonchev–Trinajstić information content (AvgIpc) is 3.10. The van der Waals surface area contributed by atoms with Gasteiger partial charge in [-0.1, -0.05) is 17.7 Å². The third-order valence-electron chi connectivity index (χ3n) is 3.67. The van der Waals surface area contributed by atoms with Gasteiger partial charge in [-0.2, -0.15) is 0 Å². The van der Waals surface area contributed by atoms with Gasteiger partial charge in [0.2, 0.25) is 0 Å². The lowest BCUT2D eigenvalue weighted by molar-refractivity contribution is 0.193. The van der Waals surface area contributed by atoms with Crippen molar-refractivity contribution in [3.8, 4) is 0 Å². The van der Waals surface area contributed by atoms with Crippen LogP contribution in [0, 0.1) is 6.92 Å². The van der Waals surface area contributed by atoms with Crippen molar-refractivity contribution in [3.05, 3.63) is 53.9 Å². The van der Waals surface area contributed by atoms with Crippen LogP contribution in [0.1, 0.15) is 23.6 Å². The molecule has 1 aliphatic heterocycles. The third kappa shape index (κ3) is 2.27. The maximum Gasteiger partial charge on any atom is 0.267 e. The fraction of sp³-hybridized carbons (Fsp3) is 0.333. The van der Waals surface area contributed by atoms with E-state index in [9.17, 15) is 8.42 Å². The lowest BCUT2D eigenvalue weighted by Crippen LogP contribution is -2.17. The smallest absolute Gasteiger partial charge is 0.267 e. The van der Waals surface area contributed by atoms with Crippen LogP contribution in [0.4, 0.5) is 0 Å². The molecule has 0 radical (unpaired) electrons. The number of aryl methyl sites for hydroxylation is 1. The second-order valence-electron chi connectivity index (χ2n) is 5.11. The summed E-state index contributed by atoms with van der Waals surface area (Å²) in [5, 5.41) is 0. The molecule has 106 valence electrons. The van der Waals surface area contributed by atoms with Crippen molar-refractivity contribution in [2.24, 2.45) is 0 Å². The van der Waals surface area contributed by atoms with Crippen molar-refractivity contribution in [2.45, 2.75) is 24.2 Å². The van der Waals surface area contributed by atoms with E-state index in [-0.39, 0.29) is 5.92 Å². The molecule has 0 N–H and O–H groups in total. The standard InChI is InChI=1S/C15H17NO3S/c1-12-4-6-14(7-5-12)20(17,18)16-9-2-3-15(16)13-8-10-19-11-13/h2-7,9,13H,8,10-11H2,1H3. The number of rotatable bonds is 3. The molecule has 1 saturated heterocycles. The number of hydrogen-bond acceptors (Lipinski definition) is 3. The lowest BCUT2D eigenvalue weighted by Gasteiger charge is -2.14. The summed E-state index contributed by atoms with van der Waals surface area (Å²) < 4.78 is 32.2. The summed E-state index contributed by atoms with van der Waals surface area (Å²) in [6.45, 7) is 3.22. The Morgan fingerprint density at radius 1 is 1.20 bits per heavy atom. The van der Waals surface area contributed by atoms with E-state index in [0.717, 1.165) is 17.7 Å². The zero-order chi connectivity index (χ0) is 14.2. The third-order valence-corrected chi connectivity index (χ3v) is 5.39. The molecule has 2 heterocycles. The largest absolute Gasteiger partial charge is 0.381 e. The number of aromatic nitrogens is 1. The number of ether oxygens (including phenoxy) is 1. The van der Waals surface area contributed by atoms with Crippen LogP contribution < -0.4 is 0 Å². The molecule has 1 atom stereocenters. The Labute approximate surface area is 119 Å². The molecule has 4 nitrogen and oxygen atoms in total. The van der Waals surface area contributed by atoms with Gasteiger partial charge in [-0.15, -0.1) is 0 Å². The molecule has 0 bridgehead atoms. The molecule has 20 heavy (non-hydrogen) atoms. The highest BCUT2D eigenvalue weighted by molar-refractivity contribution is 7.90. The van der Waals surface area contributed by atoms with Crippen molar-refractivity contribution in [3.63, 3.8) is 0 Å². The number of hydrogen-bond donors (Lipinski definition) is 0. The minimum atomic E-state index is -3.52. The summed E-state index contributed by atoms with van der Waals surface area (Å²) in [6.07, 6.45) is 2.48. The van der Waals surface area contributed by atoms with E-state index in [2.05, 4.69) is 0 Å². The Hall–Kier alpha value is -1.59. The van der Waals surface area contributed by atoms with Crippen LogP contribution in [-0.2, 0) is 14.8 Å². The molecule has 1 unspecified atom stereocenters. The van der Waals surface area contributed by atoms with E-state index in [1.165, 1.54) is 3.97 Å². The Morgan fingerprint density at radius 2 is 1.95 bits per heavy atom. The summed E-state index contributed by atoms with van der Waals surface area (Å²) >= 11 is 0. The number of nitrogens with zero attached hydrogens (tertiary/aromatic N) is 1. The fourth-order valence-electron chi connectivity index (χ4n) is 2.51. The Balaban J connectivity index is 2.03. The van der Waals surface area contributed by atoms with Crippen molar-refractivity contribution < 1.29 is 13.2 Å². The monoisotopic (exact) mass is 291 g/mol. The molecule has 1 aromatic carbocycles. The molecular weight excluding hydrogens is 274 g/mol. The Kier molecular flexibility index (Phi) is 3.40. The van der Waals surface area contributed by atoms with Crippen LogP contribution in [0.3, 0.4) is 0 Å². The minimum absolute atomic E-state index is 0.158. The molecule has 1 aromatic heterocycles. The van der Waals surface area contributed by atoms with Gasteiger partial charge >= 0.3 is 0 Å². The highest BCUT2D eigenvalue weighted by atomic mass is 32.2. The van der Waals surface area contributed by atoms with Gasteiger partial charge in [0.25, 0.3) is 10.0 Å². The molecule has 2 aromatic rings. The van der Waals surface area contributed by atoms with Crippen molar-refractivity contribution >= 4 is 10.0 Å². The second kappa shape index (κ2) is 5.07. The van der Waals surface area contributed by atoms with E-state index in [4.69, 9.17) is 4.74 Å². The van der Waals surface area contributed by atoms with Gasteiger partial charge in [-0.3, -0.25) is 0 Å². The number of benzene rings is 1. The second-order valence-corrected chi connectivity index (χ2v) is 6.92. The Morgan fingerprint density at radius 3 is 2.60 bits per heavy atom. The van der Waals surface area contributed by atoms with Crippen LogP contribution in [-0.4, -0.2) is 25.6 Å². The van der Waals surface area contributed by atoms with E-state index in [1.54, 1.807) is 24.4 Å². The predicted octanol–water partition coefficient (Wildman–Crippen LogP) is 2.54. The van der Waals surface area contributed by atoms with E-state index in [0.29, 0.717) is 18.1 Å². The molecule has 1 aliphatic rings. The maximum absolute atomic E-state index is 12.7. The molecular formula is C15H17NO3S. The highest BCUT2D eigenvalue weighted by Crippen LogP contribution is 2.28. The van der Waals surface area contributed by atoms with E-state index in [1.807, 2.05) is 25.1 Å². The fourth-order valence-corrected chi connectivity index (χ4v) is 3.93. The van der Waals surface area contributed by atoms with Crippen molar-refractivity contribution in [2.75, 3.05) is 13.2 Å². The lowest BCUT2D eigenvalue weighted by atomic mass is 10.1. The molecule has 0 amide bonds. The van der Waals surface area contributed by atoms with Crippen LogP contribution in [0.5, 0.6) is 0 Å². The first-order chi connectivity index (χ1) is 9.59. The zero-order valence-corrected chi connectivity index (χ0v) is 12.1. The quantitative estimate of drug-likeness (QED) is 0.873. The van der Waals surface area contributed by atoms with Crippen molar-refractivity contribution in [1.29, 1.82) is 0 Å². The maximum atomic E-state index is 12.7. The molecule has 5 heteroatoms. The molecule has 3 rings (SSSR count). The van der Waals surface area contributed by atoms with Crippen LogP contribution in [0.15, 0.2) is 47.5 Å². The first-order valence-corrected chi connectivity index (χ1v) is 8.10. The Bertz CT molecular complexity index is 695. The first-order valence-electron chi connectivity index (χ1n) is 6.66. The molecule has 0 saturated carbocycles. The minimum Gasteiger partial charge on any atom is -0.381 e. The molecule has 1 fully saturated rings. The van der Waals surface area contributed by atoms with Gasteiger partial charge in [0.15, 0.2) is 0 Å². The summed E-state index contributed by atoms with van der Waals surface area (Å²) in [4.78, 5) is 0.319. The normalized spacial score (nSPS) is 19.4. The van der Waals surface area contributed by atoms with Crippen molar-refractivity contribution in [1.82, 2.24) is 3.97 Å². The van der Waals surface area contributed by atoms with E-state index < -0.39 is 10.0 Å². The van der Waals surface area contributed by atoms with Crippen LogP contribution in [0.25, 0.3) is 0 Å². The molecule has 0 aliphatic carbocycles. The summed E-state index contributed by atoms with van der Waals surface area (Å²) in [5.41, 5.74) is 1.85. The summed E-state index contributed by atoms with van der Waals surface area (Å²) in [7, 11) is -3.52. The topological polar surface area (TPSA) is 48.3 Å².